The van der Waals surface area contributed by atoms with Crippen LogP contribution in [0.2, 0.25) is 0 Å². The van der Waals surface area contributed by atoms with Gasteiger partial charge in [-0.25, -0.2) is 18.2 Å². The van der Waals surface area contributed by atoms with E-state index >= 15 is 0 Å². The average Bonchev–Trinajstić information content (AvgIpc) is 3.20. The second-order valence-corrected chi connectivity index (χ2v) is 9.34. The van der Waals surface area contributed by atoms with Crippen molar-refractivity contribution in [1.82, 2.24) is 14.3 Å². The van der Waals surface area contributed by atoms with Gasteiger partial charge >= 0.3 is 5.97 Å². The Labute approximate surface area is 174 Å². The van der Waals surface area contributed by atoms with Gasteiger partial charge in [0.25, 0.3) is 0 Å². The van der Waals surface area contributed by atoms with Crippen LogP contribution in [0.4, 0.5) is 0 Å². The monoisotopic (exact) mass is 433 g/mol. The van der Waals surface area contributed by atoms with Gasteiger partial charge in [0.15, 0.2) is 5.69 Å². The number of unbranched alkanes of at least 4 members (excludes halogenated alkanes) is 2. The molecule has 0 saturated heterocycles. The first-order chi connectivity index (χ1) is 14.0. The van der Waals surface area contributed by atoms with E-state index in [4.69, 9.17) is 0 Å². The molecule has 2 heterocycles. The van der Waals surface area contributed by atoms with Crippen molar-refractivity contribution in [2.45, 2.75) is 37.6 Å². The zero-order valence-corrected chi connectivity index (χ0v) is 18.0. The lowest BCUT2D eigenvalue weighted by molar-refractivity contribution is 0.0594. The van der Waals surface area contributed by atoms with Crippen LogP contribution in [-0.4, -0.2) is 42.3 Å². The van der Waals surface area contributed by atoms with Gasteiger partial charge in [-0.1, -0.05) is 38.0 Å². The van der Waals surface area contributed by atoms with Gasteiger partial charge in [-0.05, 0) is 18.6 Å². The first-order valence-corrected chi connectivity index (χ1v) is 11.7. The van der Waals surface area contributed by atoms with Crippen LogP contribution in [0.15, 0.2) is 46.8 Å². The Morgan fingerprint density at radius 3 is 2.76 bits per heavy atom. The van der Waals surface area contributed by atoms with Crippen LogP contribution in [0.1, 0.15) is 41.7 Å². The number of esters is 1. The zero-order valence-electron chi connectivity index (χ0n) is 16.4. The Morgan fingerprint density at radius 1 is 1.21 bits per heavy atom. The molecule has 0 aliphatic heterocycles. The predicted molar refractivity (Wildman–Crippen MR) is 112 cm³/mol. The largest absolute Gasteiger partial charge is 0.464 e. The molecule has 0 bridgehead atoms. The Morgan fingerprint density at radius 2 is 2.00 bits per heavy atom. The maximum Gasteiger partial charge on any atom is 0.357 e. The SMILES string of the molecule is CCCCCN(Cc1nc(C(=O)OC)cs1)S(=O)(=O)c1cccc2cccnc12. The highest BCUT2D eigenvalue weighted by molar-refractivity contribution is 7.89. The summed E-state index contributed by atoms with van der Waals surface area (Å²) in [6.07, 6.45) is 4.23. The van der Waals surface area contributed by atoms with E-state index in [0.29, 0.717) is 17.1 Å². The normalized spacial score (nSPS) is 11.8. The molecule has 0 saturated carbocycles. The minimum atomic E-state index is -3.80. The third kappa shape index (κ3) is 4.80. The van der Waals surface area contributed by atoms with Gasteiger partial charge in [0.2, 0.25) is 10.0 Å². The van der Waals surface area contributed by atoms with Crippen LogP contribution in [0.5, 0.6) is 0 Å². The van der Waals surface area contributed by atoms with Crippen molar-refractivity contribution in [3.05, 3.63) is 52.6 Å². The molecule has 0 atom stereocenters. The molecule has 9 heteroatoms. The number of benzene rings is 1. The van der Waals surface area contributed by atoms with Gasteiger partial charge in [0.05, 0.1) is 19.2 Å². The topological polar surface area (TPSA) is 89.5 Å². The molecule has 3 rings (SSSR count). The fourth-order valence-electron chi connectivity index (χ4n) is 2.98. The molecule has 1 aromatic carbocycles. The Hall–Kier alpha value is -2.36. The number of aromatic nitrogens is 2. The van der Waals surface area contributed by atoms with Crippen LogP contribution < -0.4 is 0 Å². The molecule has 0 radical (unpaired) electrons. The minimum Gasteiger partial charge on any atom is -0.464 e. The molecule has 0 aliphatic carbocycles. The number of para-hydroxylation sites is 1. The Balaban J connectivity index is 1.96. The molecule has 0 fully saturated rings. The number of nitrogens with zero attached hydrogens (tertiary/aromatic N) is 3. The van der Waals surface area contributed by atoms with Crippen molar-refractivity contribution in [2.75, 3.05) is 13.7 Å². The summed E-state index contributed by atoms with van der Waals surface area (Å²) in [5, 5.41) is 2.89. The maximum atomic E-state index is 13.5. The van der Waals surface area contributed by atoms with Crippen LogP contribution in [0.3, 0.4) is 0 Å². The summed E-state index contributed by atoms with van der Waals surface area (Å²) in [5.41, 5.74) is 0.634. The third-order valence-electron chi connectivity index (χ3n) is 4.48. The number of ether oxygens (including phenoxy) is 1. The summed E-state index contributed by atoms with van der Waals surface area (Å²) in [6, 6.07) is 8.76. The molecule has 0 N–H and O–H groups in total. The van der Waals surface area contributed by atoms with Gasteiger partial charge in [-0.2, -0.15) is 4.31 Å². The molecule has 7 nitrogen and oxygen atoms in total. The van der Waals surface area contributed by atoms with Crippen molar-refractivity contribution in [3.8, 4) is 0 Å². The van der Waals surface area contributed by atoms with Crippen molar-refractivity contribution in [2.24, 2.45) is 0 Å². The highest BCUT2D eigenvalue weighted by Gasteiger charge is 2.28. The van der Waals surface area contributed by atoms with Gasteiger partial charge in [0, 0.05) is 23.5 Å². The molecule has 29 heavy (non-hydrogen) atoms. The first kappa shape index (κ1) is 21.4. The van der Waals surface area contributed by atoms with Crippen LogP contribution in [-0.2, 0) is 21.3 Å². The van der Waals surface area contributed by atoms with E-state index in [9.17, 15) is 13.2 Å². The number of methoxy groups -OCH3 is 1. The number of carbonyl (C=O) groups is 1. The summed E-state index contributed by atoms with van der Waals surface area (Å²) in [7, 11) is -2.51. The first-order valence-electron chi connectivity index (χ1n) is 9.34. The van der Waals surface area contributed by atoms with E-state index in [0.717, 1.165) is 24.6 Å². The van der Waals surface area contributed by atoms with E-state index in [-0.39, 0.29) is 17.1 Å². The van der Waals surface area contributed by atoms with Gasteiger partial charge in [-0.3, -0.25) is 4.98 Å². The van der Waals surface area contributed by atoms with Crippen LogP contribution in [0, 0.1) is 0 Å². The number of hydrogen-bond donors (Lipinski definition) is 0. The third-order valence-corrected chi connectivity index (χ3v) is 7.19. The van der Waals surface area contributed by atoms with E-state index in [2.05, 4.69) is 21.6 Å². The lowest BCUT2D eigenvalue weighted by atomic mass is 10.2. The quantitative estimate of drug-likeness (QED) is 0.376. The van der Waals surface area contributed by atoms with Gasteiger partial charge in [0.1, 0.15) is 9.90 Å². The maximum absolute atomic E-state index is 13.5. The molecule has 0 unspecified atom stereocenters. The van der Waals surface area contributed by atoms with Crippen LogP contribution in [0.25, 0.3) is 10.9 Å². The Kier molecular flexibility index (Phi) is 6.94. The lowest BCUT2D eigenvalue weighted by Gasteiger charge is -2.22. The molecule has 154 valence electrons. The summed E-state index contributed by atoms with van der Waals surface area (Å²) >= 11 is 1.24. The minimum absolute atomic E-state index is 0.0942. The fraction of sp³-hybridized carbons (Fsp3) is 0.350. The smallest absolute Gasteiger partial charge is 0.357 e. The second kappa shape index (κ2) is 9.43. The summed E-state index contributed by atoms with van der Waals surface area (Å²) in [6.45, 7) is 2.53. The molecule has 0 amide bonds. The number of sulfonamides is 1. The van der Waals surface area contributed by atoms with Crippen molar-refractivity contribution in [3.63, 3.8) is 0 Å². The highest BCUT2D eigenvalue weighted by atomic mass is 32.2. The molecule has 3 aromatic rings. The summed E-state index contributed by atoms with van der Waals surface area (Å²) in [5.74, 6) is -0.536. The second-order valence-electron chi connectivity index (χ2n) is 6.50. The highest BCUT2D eigenvalue weighted by Crippen LogP contribution is 2.26. The summed E-state index contributed by atoms with van der Waals surface area (Å²) < 4.78 is 33.1. The number of pyridine rings is 1. The fourth-order valence-corrected chi connectivity index (χ4v) is 5.44. The van der Waals surface area contributed by atoms with E-state index < -0.39 is 16.0 Å². The summed E-state index contributed by atoms with van der Waals surface area (Å²) in [4.78, 5) is 20.4. The lowest BCUT2D eigenvalue weighted by Crippen LogP contribution is -2.32. The van der Waals surface area contributed by atoms with Crippen LogP contribution >= 0.6 is 11.3 Å². The van der Waals surface area contributed by atoms with Crippen molar-refractivity contribution < 1.29 is 17.9 Å². The van der Waals surface area contributed by atoms with Crippen molar-refractivity contribution in [1.29, 1.82) is 0 Å². The number of carbonyl (C=O) groups excluding carboxylic acids is 1. The average molecular weight is 434 g/mol. The van der Waals surface area contributed by atoms with Gasteiger partial charge in [-0.15, -0.1) is 11.3 Å². The Bertz CT molecular complexity index is 1090. The molecule has 2 aromatic heterocycles. The van der Waals surface area contributed by atoms with Crippen molar-refractivity contribution >= 4 is 38.2 Å². The zero-order chi connectivity index (χ0) is 20.9. The number of thiazole rings is 1. The van der Waals surface area contributed by atoms with E-state index in [1.807, 2.05) is 12.1 Å². The molecule has 0 spiro atoms. The predicted octanol–water partition coefficient (Wildman–Crippen LogP) is 3.86. The molecular weight excluding hydrogens is 410 g/mol. The number of rotatable bonds is 9. The van der Waals surface area contributed by atoms with E-state index in [1.165, 1.54) is 22.8 Å². The standard InChI is InChI=1S/C20H23N3O4S2/c1-3-4-5-12-23(13-18-22-16(14-28-18)20(24)27-2)29(25,26)17-10-6-8-15-9-7-11-21-19(15)17/h6-11,14H,3-5,12-13H2,1-2H3. The molecule has 0 aliphatic rings. The molecular formula is C20H23N3O4S2. The number of fused-ring (bicyclic) bond motifs is 1. The van der Waals surface area contributed by atoms with Gasteiger partial charge < -0.3 is 4.74 Å². The van der Waals surface area contributed by atoms with E-state index in [1.54, 1.807) is 29.8 Å². The number of hydrogen-bond acceptors (Lipinski definition) is 7.